The van der Waals surface area contributed by atoms with Crippen LogP contribution in [0.3, 0.4) is 0 Å². The van der Waals surface area contributed by atoms with Gasteiger partial charge in [0, 0.05) is 5.41 Å². The van der Waals surface area contributed by atoms with Gasteiger partial charge in [0.1, 0.15) is 0 Å². The Bertz CT molecular complexity index is 734. The smallest absolute Gasteiger partial charge is 0.0989 e. The normalized spacial score (nSPS) is 39.7. The molecule has 3 saturated carbocycles. The van der Waals surface area contributed by atoms with Crippen molar-refractivity contribution in [3.63, 3.8) is 0 Å². The molecule has 0 spiro atoms. The Morgan fingerprint density at radius 1 is 1.19 bits per heavy atom. The van der Waals surface area contributed by atoms with E-state index in [1.54, 1.807) is 6.92 Å². The summed E-state index contributed by atoms with van der Waals surface area (Å²) in [6.45, 7) is 12.1. The second kappa shape index (κ2) is 9.13. The van der Waals surface area contributed by atoms with Crippen molar-refractivity contribution in [3.8, 4) is 0 Å². The van der Waals surface area contributed by atoms with E-state index in [-0.39, 0.29) is 23.4 Å². The summed E-state index contributed by atoms with van der Waals surface area (Å²) in [4.78, 5) is 0. The Hall–Kier alpha value is -0.940. The van der Waals surface area contributed by atoms with Gasteiger partial charge in [-0.2, -0.15) is 0 Å². The summed E-state index contributed by atoms with van der Waals surface area (Å²) >= 11 is 0. The van der Waals surface area contributed by atoms with E-state index in [0.29, 0.717) is 25.7 Å². The minimum atomic E-state index is -1.24. The lowest BCUT2D eigenvalue weighted by molar-refractivity contribution is -0.205. The zero-order valence-electron chi connectivity index (χ0n) is 20.0. The van der Waals surface area contributed by atoms with Crippen LogP contribution in [0.25, 0.3) is 0 Å². The quantitative estimate of drug-likeness (QED) is 0.485. The van der Waals surface area contributed by atoms with Gasteiger partial charge in [0.15, 0.2) is 0 Å². The summed E-state index contributed by atoms with van der Waals surface area (Å²) in [5.74, 6) is 0.383. The second-order valence-corrected chi connectivity index (χ2v) is 11.3. The van der Waals surface area contributed by atoms with E-state index in [0.717, 1.165) is 49.7 Å². The fourth-order valence-electron chi connectivity index (χ4n) is 6.50. The molecular formula is C27H44O4. The Balaban J connectivity index is 1.82. The highest BCUT2D eigenvalue weighted by molar-refractivity contribution is 5.37. The van der Waals surface area contributed by atoms with Crippen molar-refractivity contribution in [2.24, 2.45) is 17.3 Å². The molecule has 0 amide bonds. The molecule has 4 nitrogen and oxygen atoms in total. The summed E-state index contributed by atoms with van der Waals surface area (Å²) in [6.07, 6.45) is 11.2. The number of rotatable bonds is 6. The fourth-order valence-corrected chi connectivity index (χ4v) is 6.50. The van der Waals surface area contributed by atoms with Gasteiger partial charge in [-0.1, -0.05) is 50.6 Å². The number of hydrogen-bond acceptors (Lipinski definition) is 4. The lowest BCUT2D eigenvalue weighted by Gasteiger charge is -2.53. The molecule has 6 atom stereocenters. The SMILES string of the molecule is C=C1CC[C@H](O)C/C1=C/C=C1CCC[C@@]2(C)C1CC[C@]2(O)[C@@](C)(O)CCC(O)C(C)C. The molecule has 3 aliphatic rings. The number of hydrogen-bond donors (Lipinski definition) is 4. The van der Waals surface area contributed by atoms with Crippen LogP contribution in [0.15, 0.2) is 35.5 Å². The Labute approximate surface area is 188 Å². The van der Waals surface area contributed by atoms with Crippen LogP contribution in [0.2, 0.25) is 0 Å². The molecule has 0 heterocycles. The number of fused-ring (bicyclic) bond motifs is 1. The molecule has 0 aromatic rings. The molecule has 4 N–H and O–H groups in total. The highest BCUT2D eigenvalue weighted by Gasteiger charge is 2.64. The van der Waals surface area contributed by atoms with Crippen molar-refractivity contribution >= 4 is 0 Å². The van der Waals surface area contributed by atoms with Gasteiger partial charge < -0.3 is 20.4 Å². The molecule has 4 heteroatoms. The van der Waals surface area contributed by atoms with E-state index in [2.05, 4.69) is 25.7 Å². The zero-order chi connectivity index (χ0) is 23.0. The third-order valence-electron chi connectivity index (χ3n) is 8.89. The Morgan fingerprint density at radius 3 is 2.58 bits per heavy atom. The molecule has 176 valence electrons. The van der Waals surface area contributed by atoms with Crippen molar-refractivity contribution < 1.29 is 20.4 Å². The second-order valence-electron chi connectivity index (χ2n) is 11.3. The average molecular weight is 433 g/mol. The number of aliphatic hydroxyl groups is 4. The summed E-state index contributed by atoms with van der Waals surface area (Å²) in [5.41, 5.74) is 0.818. The molecule has 0 radical (unpaired) electrons. The molecule has 2 unspecified atom stereocenters. The minimum Gasteiger partial charge on any atom is -0.393 e. The number of aliphatic hydroxyl groups excluding tert-OH is 2. The van der Waals surface area contributed by atoms with E-state index in [1.165, 1.54) is 5.57 Å². The van der Waals surface area contributed by atoms with Crippen LogP contribution >= 0.6 is 0 Å². The van der Waals surface area contributed by atoms with Crippen molar-refractivity contribution in [3.05, 3.63) is 35.5 Å². The summed E-state index contributed by atoms with van der Waals surface area (Å²) in [5, 5.41) is 43.7. The molecule has 3 aliphatic carbocycles. The molecule has 0 aliphatic heterocycles. The van der Waals surface area contributed by atoms with E-state index >= 15 is 0 Å². The Morgan fingerprint density at radius 2 is 1.90 bits per heavy atom. The fraction of sp³-hybridized carbons (Fsp3) is 0.778. The first-order valence-corrected chi connectivity index (χ1v) is 12.3. The van der Waals surface area contributed by atoms with Gasteiger partial charge in [-0.25, -0.2) is 0 Å². The van der Waals surface area contributed by atoms with Gasteiger partial charge in [0.05, 0.1) is 23.4 Å². The summed E-state index contributed by atoms with van der Waals surface area (Å²) < 4.78 is 0. The lowest BCUT2D eigenvalue weighted by atomic mass is 9.57. The third kappa shape index (κ3) is 4.59. The van der Waals surface area contributed by atoms with Crippen LogP contribution < -0.4 is 0 Å². The van der Waals surface area contributed by atoms with Gasteiger partial charge in [0.2, 0.25) is 0 Å². The van der Waals surface area contributed by atoms with Gasteiger partial charge in [-0.05, 0) is 88.5 Å². The van der Waals surface area contributed by atoms with E-state index < -0.39 is 17.3 Å². The summed E-state index contributed by atoms with van der Waals surface area (Å²) in [6, 6.07) is 0. The summed E-state index contributed by atoms with van der Waals surface area (Å²) in [7, 11) is 0. The van der Waals surface area contributed by atoms with Gasteiger partial charge >= 0.3 is 0 Å². The molecule has 3 fully saturated rings. The zero-order valence-corrected chi connectivity index (χ0v) is 20.0. The first-order chi connectivity index (χ1) is 14.4. The largest absolute Gasteiger partial charge is 0.393 e. The van der Waals surface area contributed by atoms with E-state index in [4.69, 9.17) is 0 Å². The van der Waals surface area contributed by atoms with Gasteiger partial charge in [-0.3, -0.25) is 0 Å². The van der Waals surface area contributed by atoms with Crippen LogP contribution in [0.4, 0.5) is 0 Å². The number of allylic oxidation sites excluding steroid dienone is 4. The molecular weight excluding hydrogens is 388 g/mol. The lowest BCUT2D eigenvalue weighted by Crippen LogP contribution is -2.61. The first kappa shape index (κ1) is 24.7. The average Bonchev–Trinajstić information content (AvgIpc) is 2.99. The molecule has 3 rings (SSSR count). The monoisotopic (exact) mass is 432 g/mol. The third-order valence-corrected chi connectivity index (χ3v) is 8.89. The van der Waals surface area contributed by atoms with Crippen LogP contribution in [0.5, 0.6) is 0 Å². The molecule has 0 aromatic heterocycles. The van der Waals surface area contributed by atoms with E-state index in [9.17, 15) is 20.4 Å². The highest BCUT2D eigenvalue weighted by Crippen LogP contribution is 2.63. The molecule has 0 aromatic carbocycles. The van der Waals surface area contributed by atoms with E-state index in [1.807, 2.05) is 13.8 Å². The highest BCUT2D eigenvalue weighted by atomic mass is 16.4. The van der Waals surface area contributed by atoms with Crippen molar-refractivity contribution in [2.75, 3.05) is 0 Å². The van der Waals surface area contributed by atoms with Gasteiger partial charge in [0.25, 0.3) is 0 Å². The van der Waals surface area contributed by atoms with Crippen molar-refractivity contribution in [1.82, 2.24) is 0 Å². The van der Waals surface area contributed by atoms with Crippen LogP contribution in [-0.2, 0) is 0 Å². The predicted molar refractivity (Wildman–Crippen MR) is 125 cm³/mol. The van der Waals surface area contributed by atoms with Crippen molar-refractivity contribution in [1.29, 1.82) is 0 Å². The maximum Gasteiger partial charge on any atom is 0.0989 e. The van der Waals surface area contributed by atoms with Crippen molar-refractivity contribution in [2.45, 2.75) is 115 Å². The van der Waals surface area contributed by atoms with Crippen LogP contribution in [-0.4, -0.2) is 43.8 Å². The maximum absolute atomic E-state index is 11.9. The molecule has 0 bridgehead atoms. The van der Waals surface area contributed by atoms with Crippen LogP contribution in [0, 0.1) is 17.3 Å². The molecule has 0 saturated heterocycles. The first-order valence-electron chi connectivity index (χ1n) is 12.3. The van der Waals surface area contributed by atoms with Gasteiger partial charge in [-0.15, -0.1) is 0 Å². The topological polar surface area (TPSA) is 80.9 Å². The minimum absolute atomic E-state index is 0.141. The van der Waals surface area contributed by atoms with Crippen LogP contribution in [0.1, 0.15) is 91.9 Å². The standard InChI is InChI=1S/C27H44O4/c1-18(2)24(29)13-15-26(5,30)27(31)16-12-23-20(7-6-14-25(23,27)4)9-10-21-17-22(28)11-8-19(21)3/h9-10,18,22-24,28-31H,3,6-8,11-17H2,1-2,4-5H3/b20-9?,21-10-/t22-,23?,24?,25-,26-,27+/m0/s1. The Kier molecular flexibility index (Phi) is 7.27. The maximum atomic E-state index is 11.9. The molecule has 31 heavy (non-hydrogen) atoms. The predicted octanol–water partition coefficient (Wildman–Crippen LogP) is 4.82.